The first-order valence-electron chi connectivity index (χ1n) is 7.43. The average molecular weight is 282 g/mol. The van der Waals surface area contributed by atoms with Crippen LogP contribution in [0.25, 0.3) is 0 Å². The van der Waals surface area contributed by atoms with E-state index in [9.17, 15) is 0 Å². The van der Waals surface area contributed by atoms with Crippen LogP contribution in [0.3, 0.4) is 0 Å². The molecule has 0 aliphatic carbocycles. The van der Waals surface area contributed by atoms with Gasteiger partial charge >= 0.3 is 0 Å². The van der Waals surface area contributed by atoms with Gasteiger partial charge in [0.05, 0.1) is 11.4 Å². The third-order valence-corrected chi connectivity index (χ3v) is 3.96. The van der Waals surface area contributed by atoms with Crippen molar-refractivity contribution in [1.29, 1.82) is 0 Å². The van der Waals surface area contributed by atoms with Crippen molar-refractivity contribution in [3.8, 4) is 0 Å². The zero-order chi connectivity index (χ0) is 14.7. The summed E-state index contributed by atoms with van der Waals surface area (Å²) in [5, 5.41) is 0. The predicted octanol–water partition coefficient (Wildman–Crippen LogP) is 2.47. The number of benzene rings is 1. The lowest BCUT2D eigenvalue weighted by molar-refractivity contribution is 0.647. The Morgan fingerprint density at radius 1 is 0.857 bits per heavy atom. The minimum Gasteiger partial charge on any atom is -0.376 e. The van der Waals surface area contributed by atoms with Gasteiger partial charge in [0.15, 0.2) is 0 Å². The Labute approximate surface area is 126 Å². The molecule has 0 unspecified atom stereocenters. The Morgan fingerprint density at radius 2 is 1.52 bits per heavy atom. The summed E-state index contributed by atoms with van der Waals surface area (Å²) in [6, 6.07) is 14.7. The van der Waals surface area contributed by atoms with E-state index in [1.165, 1.54) is 11.4 Å². The summed E-state index contributed by atoms with van der Waals surface area (Å²) in [5.41, 5.74) is 2.60. The Kier molecular flexibility index (Phi) is 3.95. The van der Waals surface area contributed by atoms with Crippen LogP contribution in [0, 0.1) is 0 Å². The quantitative estimate of drug-likeness (QED) is 0.862. The number of hydrogen-bond donors (Lipinski definition) is 0. The third-order valence-electron chi connectivity index (χ3n) is 3.96. The molecule has 0 bridgehead atoms. The summed E-state index contributed by atoms with van der Waals surface area (Å²) in [6.45, 7) is 4.08. The molecule has 2 heterocycles. The van der Waals surface area contributed by atoms with Crippen molar-refractivity contribution in [3.05, 3.63) is 48.7 Å². The normalized spacial score (nSPS) is 15.1. The van der Waals surface area contributed by atoms with Crippen LogP contribution in [0.2, 0.25) is 0 Å². The number of hydrogen-bond acceptors (Lipinski definition) is 4. The van der Waals surface area contributed by atoms with Crippen molar-refractivity contribution < 1.29 is 0 Å². The van der Waals surface area contributed by atoms with Gasteiger partial charge in [-0.25, -0.2) is 4.98 Å². The van der Waals surface area contributed by atoms with Crippen LogP contribution >= 0.6 is 0 Å². The first kappa shape index (κ1) is 13.7. The lowest BCUT2D eigenvalue weighted by Gasteiger charge is -2.38. The molecule has 0 N–H and O–H groups in total. The first-order valence-corrected chi connectivity index (χ1v) is 7.43. The summed E-state index contributed by atoms with van der Waals surface area (Å²) in [4.78, 5) is 11.4. The van der Waals surface area contributed by atoms with Crippen molar-refractivity contribution in [2.75, 3.05) is 55.0 Å². The largest absolute Gasteiger partial charge is 0.376 e. The van der Waals surface area contributed by atoms with Crippen molar-refractivity contribution in [2.24, 2.45) is 0 Å². The lowest BCUT2D eigenvalue weighted by Crippen LogP contribution is -2.47. The van der Waals surface area contributed by atoms with Gasteiger partial charge in [0.25, 0.3) is 0 Å². The van der Waals surface area contributed by atoms with E-state index in [1.54, 1.807) is 0 Å². The standard InChI is InChI=1S/C17H22N4/c1-19(2)15-7-3-4-8-16(15)20-11-13-21(14-12-20)17-9-5-6-10-18-17/h3-10H,11-14H2,1-2H3. The number of nitrogens with zero attached hydrogens (tertiary/aromatic N) is 4. The van der Waals surface area contributed by atoms with E-state index >= 15 is 0 Å². The fourth-order valence-electron chi connectivity index (χ4n) is 2.83. The smallest absolute Gasteiger partial charge is 0.128 e. The van der Waals surface area contributed by atoms with Gasteiger partial charge in [-0.15, -0.1) is 0 Å². The molecule has 0 amide bonds. The van der Waals surface area contributed by atoms with Crippen LogP contribution in [0.5, 0.6) is 0 Å². The summed E-state index contributed by atoms with van der Waals surface area (Å²) < 4.78 is 0. The minimum absolute atomic E-state index is 1.01. The SMILES string of the molecule is CN(C)c1ccccc1N1CCN(c2ccccn2)CC1. The highest BCUT2D eigenvalue weighted by molar-refractivity contribution is 5.71. The molecule has 1 aromatic heterocycles. The molecule has 3 rings (SSSR count). The minimum atomic E-state index is 1.01. The maximum Gasteiger partial charge on any atom is 0.128 e. The van der Waals surface area contributed by atoms with Crippen LogP contribution in [-0.2, 0) is 0 Å². The highest BCUT2D eigenvalue weighted by atomic mass is 15.3. The van der Waals surface area contributed by atoms with Crippen LogP contribution in [-0.4, -0.2) is 45.3 Å². The number of piperazine rings is 1. The van der Waals surface area contributed by atoms with E-state index in [4.69, 9.17) is 0 Å². The van der Waals surface area contributed by atoms with Gasteiger partial charge in [-0.05, 0) is 24.3 Å². The number of para-hydroxylation sites is 2. The number of aromatic nitrogens is 1. The van der Waals surface area contributed by atoms with Gasteiger partial charge in [0.2, 0.25) is 0 Å². The molecule has 21 heavy (non-hydrogen) atoms. The molecular formula is C17H22N4. The Morgan fingerprint density at radius 3 is 2.19 bits per heavy atom. The topological polar surface area (TPSA) is 22.6 Å². The molecule has 0 saturated carbocycles. The number of anilines is 3. The Balaban J connectivity index is 1.72. The zero-order valence-electron chi connectivity index (χ0n) is 12.7. The monoisotopic (exact) mass is 282 g/mol. The van der Waals surface area contributed by atoms with Crippen LogP contribution in [0.15, 0.2) is 48.7 Å². The number of rotatable bonds is 3. The Hall–Kier alpha value is -2.23. The molecule has 1 saturated heterocycles. The third kappa shape index (κ3) is 2.94. The summed E-state index contributed by atoms with van der Waals surface area (Å²) >= 11 is 0. The van der Waals surface area contributed by atoms with E-state index in [-0.39, 0.29) is 0 Å². The van der Waals surface area contributed by atoms with Gasteiger partial charge in [-0.3, -0.25) is 0 Å². The summed E-state index contributed by atoms with van der Waals surface area (Å²) in [6.07, 6.45) is 1.86. The van der Waals surface area contributed by atoms with Crippen molar-refractivity contribution in [3.63, 3.8) is 0 Å². The maximum atomic E-state index is 4.45. The lowest BCUT2D eigenvalue weighted by atomic mass is 10.2. The molecular weight excluding hydrogens is 260 g/mol. The van der Waals surface area contributed by atoms with E-state index in [0.717, 1.165) is 32.0 Å². The van der Waals surface area contributed by atoms with E-state index in [0.29, 0.717) is 0 Å². The van der Waals surface area contributed by atoms with Crippen LogP contribution < -0.4 is 14.7 Å². The fourth-order valence-corrected chi connectivity index (χ4v) is 2.83. The molecule has 4 heteroatoms. The molecule has 110 valence electrons. The van der Waals surface area contributed by atoms with Gasteiger partial charge in [0, 0.05) is 46.5 Å². The molecule has 0 radical (unpaired) electrons. The highest BCUT2D eigenvalue weighted by Gasteiger charge is 2.20. The number of pyridine rings is 1. The Bertz CT molecular complexity index is 574. The van der Waals surface area contributed by atoms with Crippen molar-refractivity contribution in [2.45, 2.75) is 0 Å². The van der Waals surface area contributed by atoms with E-state index in [1.807, 2.05) is 12.3 Å². The van der Waals surface area contributed by atoms with Gasteiger partial charge in [0.1, 0.15) is 5.82 Å². The second-order valence-corrected chi connectivity index (χ2v) is 5.55. The molecule has 0 spiro atoms. The van der Waals surface area contributed by atoms with Gasteiger partial charge in [-0.1, -0.05) is 18.2 Å². The zero-order valence-corrected chi connectivity index (χ0v) is 12.7. The van der Waals surface area contributed by atoms with Crippen molar-refractivity contribution >= 4 is 17.2 Å². The second kappa shape index (κ2) is 6.04. The molecule has 0 atom stereocenters. The molecule has 2 aromatic rings. The predicted molar refractivity (Wildman–Crippen MR) is 89.4 cm³/mol. The van der Waals surface area contributed by atoms with Crippen molar-refractivity contribution in [1.82, 2.24) is 4.98 Å². The molecule has 1 aliphatic heterocycles. The summed E-state index contributed by atoms with van der Waals surface area (Å²) in [7, 11) is 4.20. The molecule has 1 aromatic carbocycles. The average Bonchev–Trinajstić information content (AvgIpc) is 2.56. The van der Waals surface area contributed by atoms with Crippen LogP contribution in [0.1, 0.15) is 0 Å². The summed E-state index contributed by atoms with van der Waals surface area (Å²) in [5.74, 6) is 1.08. The fraction of sp³-hybridized carbons (Fsp3) is 0.353. The molecule has 1 fully saturated rings. The van der Waals surface area contributed by atoms with E-state index < -0.39 is 0 Å². The first-order chi connectivity index (χ1) is 10.3. The van der Waals surface area contributed by atoms with Gasteiger partial charge in [-0.2, -0.15) is 0 Å². The van der Waals surface area contributed by atoms with Gasteiger partial charge < -0.3 is 14.7 Å². The van der Waals surface area contributed by atoms with Crippen LogP contribution in [0.4, 0.5) is 17.2 Å². The molecule has 1 aliphatic rings. The highest BCUT2D eigenvalue weighted by Crippen LogP contribution is 2.28. The maximum absolute atomic E-state index is 4.45. The second-order valence-electron chi connectivity index (χ2n) is 5.55. The molecule has 4 nitrogen and oxygen atoms in total. The van der Waals surface area contributed by atoms with E-state index in [2.05, 4.69) is 70.2 Å².